The molecule has 0 aliphatic heterocycles. The maximum absolute atomic E-state index is 10.4. The first-order valence-electron chi connectivity index (χ1n) is 3.62. The highest BCUT2D eigenvalue weighted by Gasteiger charge is 1.95. The molecule has 0 amide bonds. The number of hydrogen-bond acceptors (Lipinski definition) is 1. The summed E-state index contributed by atoms with van der Waals surface area (Å²) >= 11 is 0. The quantitative estimate of drug-likeness (QED) is 0.568. The van der Waals surface area contributed by atoms with Gasteiger partial charge in [-0.05, 0) is 19.3 Å². The van der Waals surface area contributed by atoms with E-state index < -0.39 is 0 Å². The van der Waals surface area contributed by atoms with Gasteiger partial charge in [0.15, 0.2) is 0 Å². The van der Waals surface area contributed by atoms with Crippen LogP contribution in [-0.2, 0) is 4.79 Å². The molecule has 0 aromatic rings. The molecule has 0 aliphatic rings. The minimum atomic E-state index is 0.315. The Morgan fingerprint density at radius 2 is 2.00 bits per heavy atom. The van der Waals surface area contributed by atoms with Crippen molar-refractivity contribution >= 4 is 5.78 Å². The van der Waals surface area contributed by atoms with Crippen molar-refractivity contribution in [1.82, 2.24) is 0 Å². The van der Waals surface area contributed by atoms with Crippen LogP contribution in [-0.4, -0.2) is 5.78 Å². The molecule has 0 heterocycles. The maximum atomic E-state index is 10.4. The van der Waals surface area contributed by atoms with E-state index in [2.05, 4.69) is 13.8 Å². The van der Waals surface area contributed by atoms with Crippen molar-refractivity contribution < 1.29 is 4.79 Å². The Bertz CT molecular complexity index is 84.6. The van der Waals surface area contributed by atoms with Crippen LogP contribution in [0.5, 0.6) is 0 Å². The van der Waals surface area contributed by atoms with E-state index in [0.29, 0.717) is 5.78 Å². The van der Waals surface area contributed by atoms with E-state index in [1.807, 2.05) is 0 Å². The first-order chi connectivity index (χ1) is 4.13. The molecule has 0 rings (SSSR count). The highest BCUT2D eigenvalue weighted by atomic mass is 16.1. The van der Waals surface area contributed by atoms with E-state index in [9.17, 15) is 4.79 Å². The van der Waals surface area contributed by atoms with Crippen LogP contribution in [0.4, 0.5) is 0 Å². The average molecular weight is 128 g/mol. The zero-order chi connectivity index (χ0) is 7.28. The van der Waals surface area contributed by atoms with Crippen LogP contribution in [0.1, 0.15) is 40.0 Å². The Kier molecular flexibility index (Phi) is 4.37. The van der Waals surface area contributed by atoms with Gasteiger partial charge in [0.2, 0.25) is 0 Å². The topological polar surface area (TPSA) is 17.1 Å². The van der Waals surface area contributed by atoms with Gasteiger partial charge >= 0.3 is 0 Å². The zero-order valence-corrected chi connectivity index (χ0v) is 6.61. The van der Waals surface area contributed by atoms with E-state index in [1.165, 1.54) is 6.42 Å². The fourth-order valence-corrected chi connectivity index (χ4v) is 0.759. The van der Waals surface area contributed by atoms with Crippen LogP contribution in [0, 0.1) is 5.92 Å². The van der Waals surface area contributed by atoms with E-state index in [1.54, 1.807) is 6.92 Å². The summed E-state index contributed by atoms with van der Waals surface area (Å²) in [5.41, 5.74) is 0. The van der Waals surface area contributed by atoms with E-state index in [4.69, 9.17) is 0 Å². The van der Waals surface area contributed by atoms with E-state index in [0.717, 1.165) is 18.8 Å². The van der Waals surface area contributed by atoms with Crippen molar-refractivity contribution in [3.63, 3.8) is 0 Å². The lowest BCUT2D eigenvalue weighted by atomic mass is 10.1. The summed E-state index contributed by atoms with van der Waals surface area (Å²) in [4.78, 5) is 10.4. The highest BCUT2D eigenvalue weighted by Crippen LogP contribution is 2.05. The summed E-state index contributed by atoms with van der Waals surface area (Å²) in [7, 11) is 0. The van der Waals surface area contributed by atoms with Crippen molar-refractivity contribution in [3.8, 4) is 0 Å². The lowest BCUT2D eigenvalue weighted by Crippen LogP contribution is -1.92. The number of rotatable bonds is 4. The molecule has 0 saturated carbocycles. The third-order valence-corrected chi connectivity index (χ3v) is 1.31. The van der Waals surface area contributed by atoms with Gasteiger partial charge in [-0.3, -0.25) is 0 Å². The SMILES string of the molecule is CC(=O)CCCC(C)C. The van der Waals surface area contributed by atoms with E-state index >= 15 is 0 Å². The Morgan fingerprint density at radius 1 is 1.44 bits per heavy atom. The molecule has 1 nitrogen and oxygen atoms in total. The Balaban J connectivity index is 3.01. The molecule has 0 aromatic heterocycles. The molecule has 0 radical (unpaired) electrons. The van der Waals surface area contributed by atoms with Gasteiger partial charge in [-0.15, -0.1) is 0 Å². The second kappa shape index (κ2) is 4.54. The summed E-state index contributed by atoms with van der Waals surface area (Å²) in [5.74, 6) is 1.06. The smallest absolute Gasteiger partial charge is 0.129 e. The molecular weight excluding hydrogens is 112 g/mol. The molecule has 1 heteroatoms. The van der Waals surface area contributed by atoms with Gasteiger partial charge in [-0.25, -0.2) is 0 Å². The third-order valence-electron chi connectivity index (χ3n) is 1.31. The summed E-state index contributed by atoms with van der Waals surface area (Å²) in [6, 6.07) is 0. The summed E-state index contributed by atoms with van der Waals surface area (Å²) in [6.45, 7) is 6.01. The predicted octanol–water partition coefficient (Wildman–Crippen LogP) is 2.40. The fourth-order valence-electron chi connectivity index (χ4n) is 0.759. The van der Waals surface area contributed by atoms with Crippen LogP contribution in [0.15, 0.2) is 0 Å². The van der Waals surface area contributed by atoms with Crippen molar-refractivity contribution in [2.75, 3.05) is 0 Å². The molecule has 0 fully saturated rings. The number of carbonyl (C=O) groups excluding carboxylic acids is 1. The lowest BCUT2D eigenvalue weighted by molar-refractivity contribution is -0.117. The summed E-state index contributed by atoms with van der Waals surface area (Å²) in [6.07, 6.45) is 3.00. The van der Waals surface area contributed by atoms with Gasteiger partial charge in [0.25, 0.3) is 0 Å². The largest absolute Gasteiger partial charge is 0.300 e. The number of ketones is 1. The van der Waals surface area contributed by atoms with Gasteiger partial charge in [-0.1, -0.05) is 20.3 Å². The third kappa shape index (κ3) is 7.67. The molecule has 9 heavy (non-hydrogen) atoms. The summed E-state index contributed by atoms with van der Waals surface area (Å²) in [5, 5.41) is 0. The maximum Gasteiger partial charge on any atom is 0.129 e. The summed E-state index contributed by atoms with van der Waals surface area (Å²) < 4.78 is 0. The molecule has 0 N–H and O–H groups in total. The number of carbonyl (C=O) groups is 1. The fraction of sp³-hybridized carbons (Fsp3) is 0.875. The van der Waals surface area contributed by atoms with Gasteiger partial charge < -0.3 is 4.79 Å². The predicted molar refractivity (Wildman–Crippen MR) is 39.4 cm³/mol. The number of hydrogen-bond donors (Lipinski definition) is 0. The monoisotopic (exact) mass is 128 g/mol. The van der Waals surface area contributed by atoms with Crippen molar-refractivity contribution in [1.29, 1.82) is 0 Å². The number of Topliss-reactive ketones (excluding diaryl/α,β-unsaturated/α-hetero) is 1. The molecule has 0 unspecified atom stereocenters. The molecule has 0 spiro atoms. The van der Waals surface area contributed by atoms with Crippen molar-refractivity contribution in [2.45, 2.75) is 40.0 Å². The molecule has 0 saturated heterocycles. The van der Waals surface area contributed by atoms with Crippen LogP contribution >= 0.6 is 0 Å². The van der Waals surface area contributed by atoms with Gasteiger partial charge in [0, 0.05) is 6.42 Å². The average Bonchev–Trinajstić information content (AvgIpc) is 1.63. The van der Waals surface area contributed by atoms with Gasteiger partial charge in [0.05, 0.1) is 0 Å². The molecular formula is C8H16O. The Hall–Kier alpha value is -0.330. The molecule has 0 aromatic carbocycles. The second-order valence-electron chi connectivity index (χ2n) is 2.99. The van der Waals surface area contributed by atoms with Crippen LogP contribution in [0.3, 0.4) is 0 Å². The molecule has 0 aliphatic carbocycles. The minimum absolute atomic E-state index is 0.315. The molecule has 0 atom stereocenters. The van der Waals surface area contributed by atoms with Crippen LogP contribution in [0.25, 0.3) is 0 Å². The second-order valence-corrected chi connectivity index (χ2v) is 2.99. The van der Waals surface area contributed by atoms with E-state index in [-0.39, 0.29) is 0 Å². The standard InChI is InChI=1S/C8H16O/c1-7(2)5-4-6-8(3)9/h7H,4-6H2,1-3H3. The van der Waals surface area contributed by atoms with Gasteiger partial charge in [-0.2, -0.15) is 0 Å². The van der Waals surface area contributed by atoms with Crippen LogP contribution < -0.4 is 0 Å². The minimum Gasteiger partial charge on any atom is -0.300 e. The van der Waals surface area contributed by atoms with Gasteiger partial charge in [0.1, 0.15) is 5.78 Å². The molecule has 54 valence electrons. The first-order valence-corrected chi connectivity index (χ1v) is 3.62. The van der Waals surface area contributed by atoms with Crippen molar-refractivity contribution in [2.24, 2.45) is 5.92 Å². The van der Waals surface area contributed by atoms with Crippen molar-refractivity contribution in [3.05, 3.63) is 0 Å². The Morgan fingerprint density at radius 3 is 2.33 bits per heavy atom. The van der Waals surface area contributed by atoms with Crippen LogP contribution in [0.2, 0.25) is 0 Å². The highest BCUT2D eigenvalue weighted by molar-refractivity contribution is 5.75. The molecule has 0 bridgehead atoms. The zero-order valence-electron chi connectivity index (χ0n) is 6.61. The first kappa shape index (κ1) is 8.67. The Labute approximate surface area is 57.5 Å². The normalized spacial score (nSPS) is 10.2. The lowest BCUT2D eigenvalue weighted by Gasteiger charge is -2.00.